The first-order valence-electron chi connectivity index (χ1n) is 6.52. The van der Waals surface area contributed by atoms with Gasteiger partial charge >= 0.3 is 6.18 Å². The molecule has 0 spiro atoms. The first kappa shape index (κ1) is 15.2. The molecule has 2 aromatic rings. The molecule has 0 radical (unpaired) electrons. The number of hydrogen-bond acceptors (Lipinski definition) is 4. The number of alkyl halides is 3. The normalized spacial score (nSPS) is 11.5. The highest BCUT2D eigenvalue weighted by atomic mass is 19.4. The van der Waals surface area contributed by atoms with Gasteiger partial charge in [0.15, 0.2) is 0 Å². The summed E-state index contributed by atoms with van der Waals surface area (Å²) < 4.78 is 39.2. The Balaban J connectivity index is 2.53. The molecular formula is C14H15F3N4. The van der Waals surface area contributed by atoms with Crippen molar-refractivity contribution in [2.45, 2.75) is 26.4 Å². The van der Waals surface area contributed by atoms with Crippen molar-refractivity contribution in [3.63, 3.8) is 0 Å². The van der Waals surface area contributed by atoms with Gasteiger partial charge in [0.05, 0.1) is 11.3 Å². The van der Waals surface area contributed by atoms with E-state index < -0.39 is 11.7 Å². The predicted molar refractivity (Wildman–Crippen MR) is 73.8 cm³/mol. The number of pyridine rings is 1. The molecule has 0 aromatic carbocycles. The zero-order chi connectivity index (χ0) is 15.5. The highest BCUT2D eigenvalue weighted by Crippen LogP contribution is 2.37. The lowest BCUT2D eigenvalue weighted by Gasteiger charge is -2.15. The molecule has 112 valence electrons. The van der Waals surface area contributed by atoms with E-state index in [-0.39, 0.29) is 11.3 Å². The van der Waals surface area contributed by atoms with Gasteiger partial charge < -0.3 is 5.32 Å². The number of anilines is 1. The van der Waals surface area contributed by atoms with Crippen LogP contribution in [-0.4, -0.2) is 21.5 Å². The van der Waals surface area contributed by atoms with Crippen LogP contribution in [0.5, 0.6) is 0 Å². The molecule has 0 aliphatic heterocycles. The Morgan fingerprint density at radius 2 is 2.00 bits per heavy atom. The van der Waals surface area contributed by atoms with E-state index in [1.54, 1.807) is 6.92 Å². The minimum Gasteiger partial charge on any atom is -0.370 e. The SMILES string of the molecule is CCCNc1ncnc(-c2cnccc2C(F)(F)F)c1C. The first-order chi connectivity index (χ1) is 9.95. The summed E-state index contributed by atoms with van der Waals surface area (Å²) in [5, 5.41) is 3.08. The van der Waals surface area contributed by atoms with Gasteiger partial charge in [-0.3, -0.25) is 4.98 Å². The Hall–Kier alpha value is -2.18. The Morgan fingerprint density at radius 3 is 2.67 bits per heavy atom. The van der Waals surface area contributed by atoms with E-state index in [4.69, 9.17) is 0 Å². The maximum absolute atomic E-state index is 13.1. The molecule has 0 saturated carbocycles. The third kappa shape index (κ3) is 3.29. The maximum atomic E-state index is 13.1. The van der Waals surface area contributed by atoms with Crippen LogP contribution in [0.4, 0.5) is 19.0 Å². The number of hydrogen-bond donors (Lipinski definition) is 1. The van der Waals surface area contributed by atoms with Gasteiger partial charge in [0.25, 0.3) is 0 Å². The smallest absolute Gasteiger partial charge is 0.370 e. The van der Waals surface area contributed by atoms with E-state index in [9.17, 15) is 13.2 Å². The summed E-state index contributed by atoms with van der Waals surface area (Å²) in [6, 6.07) is 0.954. The van der Waals surface area contributed by atoms with E-state index in [2.05, 4.69) is 20.3 Å². The van der Waals surface area contributed by atoms with Crippen molar-refractivity contribution in [2.24, 2.45) is 0 Å². The first-order valence-corrected chi connectivity index (χ1v) is 6.52. The quantitative estimate of drug-likeness (QED) is 0.935. The molecular weight excluding hydrogens is 281 g/mol. The molecule has 0 bridgehead atoms. The van der Waals surface area contributed by atoms with Crippen molar-refractivity contribution in [2.75, 3.05) is 11.9 Å². The zero-order valence-corrected chi connectivity index (χ0v) is 11.7. The van der Waals surface area contributed by atoms with Gasteiger partial charge in [-0.25, -0.2) is 9.97 Å². The molecule has 2 rings (SSSR count). The lowest BCUT2D eigenvalue weighted by atomic mass is 10.0. The molecule has 2 heterocycles. The number of nitrogens with one attached hydrogen (secondary N) is 1. The highest BCUT2D eigenvalue weighted by Gasteiger charge is 2.34. The third-order valence-electron chi connectivity index (χ3n) is 3.01. The summed E-state index contributed by atoms with van der Waals surface area (Å²) in [6.45, 7) is 4.38. The second kappa shape index (κ2) is 6.07. The van der Waals surface area contributed by atoms with Gasteiger partial charge in [0.2, 0.25) is 0 Å². The monoisotopic (exact) mass is 296 g/mol. The minimum atomic E-state index is -4.45. The molecule has 0 unspecified atom stereocenters. The van der Waals surface area contributed by atoms with Gasteiger partial charge in [0, 0.05) is 30.1 Å². The van der Waals surface area contributed by atoms with Crippen LogP contribution in [0.25, 0.3) is 11.3 Å². The molecule has 21 heavy (non-hydrogen) atoms. The Bertz CT molecular complexity index is 626. The van der Waals surface area contributed by atoms with Crippen LogP contribution in [-0.2, 0) is 6.18 Å². The largest absolute Gasteiger partial charge is 0.417 e. The van der Waals surface area contributed by atoms with E-state index in [1.165, 1.54) is 12.5 Å². The van der Waals surface area contributed by atoms with Crippen LogP contribution in [0.3, 0.4) is 0 Å². The van der Waals surface area contributed by atoms with Crippen molar-refractivity contribution in [3.8, 4) is 11.3 Å². The number of nitrogens with zero attached hydrogens (tertiary/aromatic N) is 3. The molecule has 0 aliphatic rings. The van der Waals surface area contributed by atoms with Crippen molar-refractivity contribution < 1.29 is 13.2 Å². The third-order valence-corrected chi connectivity index (χ3v) is 3.01. The second-order valence-electron chi connectivity index (χ2n) is 4.54. The average Bonchev–Trinajstić information content (AvgIpc) is 2.45. The van der Waals surface area contributed by atoms with Crippen LogP contribution in [0.2, 0.25) is 0 Å². The van der Waals surface area contributed by atoms with Gasteiger partial charge in [0.1, 0.15) is 12.1 Å². The molecule has 0 atom stereocenters. The summed E-state index contributed by atoms with van der Waals surface area (Å²) in [5.41, 5.74) is 0.0265. The second-order valence-corrected chi connectivity index (χ2v) is 4.54. The lowest BCUT2D eigenvalue weighted by molar-refractivity contribution is -0.137. The maximum Gasteiger partial charge on any atom is 0.417 e. The fraction of sp³-hybridized carbons (Fsp3) is 0.357. The lowest BCUT2D eigenvalue weighted by Crippen LogP contribution is -2.10. The van der Waals surface area contributed by atoms with Gasteiger partial charge in [-0.1, -0.05) is 6.92 Å². The molecule has 1 N–H and O–H groups in total. The van der Waals surface area contributed by atoms with Crippen molar-refractivity contribution >= 4 is 5.82 Å². The van der Waals surface area contributed by atoms with E-state index >= 15 is 0 Å². The molecule has 4 nitrogen and oxygen atoms in total. The van der Waals surface area contributed by atoms with Crippen molar-refractivity contribution in [1.82, 2.24) is 15.0 Å². The number of rotatable bonds is 4. The summed E-state index contributed by atoms with van der Waals surface area (Å²) in [6.07, 6.45) is 0.000469. The highest BCUT2D eigenvalue weighted by molar-refractivity contribution is 5.70. The van der Waals surface area contributed by atoms with Gasteiger partial charge in [-0.05, 0) is 19.4 Å². The standard InChI is InChI=1S/C14H15F3N4/c1-3-5-19-13-9(2)12(20-8-21-13)10-7-18-6-4-11(10)14(15,16)17/h4,6-8H,3,5H2,1-2H3,(H,19,20,21). The van der Waals surface area contributed by atoms with E-state index in [0.717, 1.165) is 18.7 Å². The van der Waals surface area contributed by atoms with Crippen LogP contribution in [0.15, 0.2) is 24.8 Å². The number of aromatic nitrogens is 3. The van der Waals surface area contributed by atoms with Crippen molar-refractivity contribution in [3.05, 3.63) is 35.9 Å². The summed E-state index contributed by atoms with van der Waals surface area (Å²) >= 11 is 0. The van der Waals surface area contributed by atoms with E-state index in [0.29, 0.717) is 17.9 Å². The Kier molecular flexibility index (Phi) is 4.40. The fourth-order valence-electron chi connectivity index (χ4n) is 1.97. The van der Waals surface area contributed by atoms with Crippen LogP contribution >= 0.6 is 0 Å². The molecule has 0 fully saturated rings. The number of halogens is 3. The molecule has 7 heteroatoms. The van der Waals surface area contributed by atoms with Crippen LogP contribution in [0.1, 0.15) is 24.5 Å². The van der Waals surface area contributed by atoms with Crippen LogP contribution < -0.4 is 5.32 Å². The topological polar surface area (TPSA) is 50.7 Å². The predicted octanol–water partition coefficient (Wildman–Crippen LogP) is 3.69. The fourth-order valence-corrected chi connectivity index (χ4v) is 1.97. The summed E-state index contributed by atoms with van der Waals surface area (Å²) in [4.78, 5) is 11.9. The van der Waals surface area contributed by atoms with Crippen LogP contribution in [0, 0.1) is 6.92 Å². The van der Waals surface area contributed by atoms with Crippen molar-refractivity contribution in [1.29, 1.82) is 0 Å². The van der Waals surface area contributed by atoms with Gasteiger partial charge in [-0.15, -0.1) is 0 Å². The average molecular weight is 296 g/mol. The summed E-state index contributed by atoms with van der Waals surface area (Å²) in [7, 11) is 0. The van der Waals surface area contributed by atoms with E-state index in [1.807, 2.05) is 6.92 Å². The Morgan fingerprint density at radius 1 is 1.24 bits per heavy atom. The molecule has 0 saturated heterocycles. The molecule has 0 amide bonds. The molecule has 0 aliphatic carbocycles. The van der Waals surface area contributed by atoms with Gasteiger partial charge in [-0.2, -0.15) is 13.2 Å². The minimum absolute atomic E-state index is 0.0375. The summed E-state index contributed by atoms with van der Waals surface area (Å²) in [5.74, 6) is 0.541. The zero-order valence-electron chi connectivity index (χ0n) is 11.7. The Labute approximate surface area is 120 Å². The molecule has 2 aromatic heterocycles.